The molecular formula is C9H13NO2. The quantitative estimate of drug-likeness (QED) is 0.619. The van der Waals surface area contributed by atoms with Crippen LogP contribution in [0.1, 0.15) is 11.6 Å². The lowest BCUT2D eigenvalue weighted by atomic mass is 10.1. The number of aromatic hydroxyl groups is 1. The molecule has 1 aromatic rings. The van der Waals surface area contributed by atoms with Crippen molar-refractivity contribution in [2.75, 3.05) is 13.7 Å². The molecule has 0 aliphatic rings. The summed E-state index contributed by atoms with van der Waals surface area (Å²) in [5, 5.41) is 21.0. The average Bonchev–Trinajstić information content (AvgIpc) is 2.07. The standard InChI is InChI=1S/C9H13NO2/c1-10-9(6-11)7-3-2-4-8(12)5-7/h2-5,9-12H,6H2,1H3/t9-/m0/s1. The predicted octanol–water partition coefficient (Wildman–Crippen LogP) is 0.645. The van der Waals surface area contributed by atoms with E-state index in [1.165, 1.54) is 0 Å². The fraction of sp³-hybridized carbons (Fsp3) is 0.333. The third kappa shape index (κ3) is 1.96. The molecule has 0 aliphatic heterocycles. The second kappa shape index (κ2) is 4.09. The average molecular weight is 167 g/mol. The van der Waals surface area contributed by atoms with Crippen LogP contribution in [0.4, 0.5) is 0 Å². The molecule has 3 N–H and O–H groups in total. The van der Waals surface area contributed by atoms with E-state index in [9.17, 15) is 0 Å². The summed E-state index contributed by atoms with van der Waals surface area (Å²) in [4.78, 5) is 0. The second-order valence-electron chi connectivity index (χ2n) is 2.62. The number of aliphatic hydroxyl groups excluding tert-OH is 1. The van der Waals surface area contributed by atoms with E-state index in [-0.39, 0.29) is 18.4 Å². The Labute approximate surface area is 71.7 Å². The number of rotatable bonds is 3. The Kier molecular flexibility index (Phi) is 3.08. The van der Waals surface area contributed by atoms with Crippen LogP contribution in [0.25, 0.3) is 0 Å². The minimum absolute atomic E-state index is 0.0277. The van der Waals surface area contributed by atoms with Crippen LogP contribution in [0, 0.1) is 0 Å². The number of phenols is 1. The van der Waals surface area contributed by atoms with E-state index in [0.29, 0.717) is 0 Å². The van der Waals surface area contributed by atoms with Gasteiger partial charge < -0.3 is 15.5 Å². The molecule has 0 amide bonds. The van der Waals surface area contributed by atoms with Crippen LogP contribution in [0.3, 0.4) is 0 Å². The van der Waals surface area contributed by atoms with Crippen molar-refractivity contribution in [1.82, 2.24) is 5.32 Å². The third-order valence-electron chi connectivity index (χ3n) is 1.80. The van der Waals surface area contributed by atoms with Crippen molar-refractivity contribution in [2.45, 2.75) is 6.04 Å². The molecule has 0 heterocycles. The van der Waals surface area contributed by atoms with E-state index in [1.807, 2.05) is 6.07 Å². The number of hydrogen-bond acceptors (Lipinski definition) is 3. The summed E-state index contributed by atoms with van der Waals surface area (Å²) >= 11 is 0. The number of nitrogens with one attached hydrogen (secondary N) is 1. The van der Waals surface area contributed by atoms with Gasteiger partial charge in [-0.25, -0.2) is 0 Å². The van der Waals surface area contributed by atoms with E-state index in [2.05, 4.69) is 5.32 Å². The van der Waals surface area contributed by atoms with Gasteiger partial charge in [0.15, 0.2) is 0 Å². The first-order chi connectivity index (χ1) is 5.77. The molecule has 1 rings (SSSR count). The van der Waals surface area contributed by atoms with E-state index in [1.54, 1.807) is 25.2 Å². The Hall–Kier alpha value is -1.06. The largest absolute Gasteiger partial charge is 0.508 e. The first kappa shape index (κ1) is 9.03. The molecule has 3 heteroatoms. The van der Waals surface area contributed by atoms with Gasteiger partial charge in [0.2, 0.25) is 0 Å². The van der Waals surface area contributed by atoms with Crippen LogP contribution in [0.2, 0.25) is 0 Å². The number of aliphatic hydroxyl groups is 1. The molecule has 0 aromatic heterocycles. The molecule has 0 unspecified atom stereocenters. The SMILES string of the molecule is CN[C@@H](CO)c1cccc(O)c1. The van der Waals surface area contributed by atoms with Gasteiger partial charge in [0.25, 0.3) is 0 Å². The van der Waals surface area contributed by atoms with Crippen molar-refractivity contribution in [2.24, 2.45) is 0 Å². The van der Waals surface area contributed by atoms with Crippen LogP contribution in [-0.4, -0.2) is 23.9 Å². The maximum absolute atomic E-state index is 9.14. The minimum Gasteiger partial charge on any atom is -0.508 e. The highest BCUT2D eigenvalue weighted by Gasteiger charge is 2.06. The molecule has 0 bridgehead atoms. The van der Waals surface area contributed by atoms with Crippen LogP contribution >= 0.6 is 0 Å². The van der Waals surface area contributed by atoms with Gasteiger partial charge in [-0.3, -0.25) is 0 Å². The summed E-state index contributed by atoms with van der Waals surface area (Å²) < 4.78 is 0. The summed E-state index contributed by atoms with van der Waals surface area (Å²) in [6, 6.07) is 6.75. The molecule has 0 saturated carbocycles. The molecule has 0 aliphatic carbocycles. The minimum atomic E-state index is -0.0999. The number of benzene rings is 1. The molecular weight excluding hydrogens is 154 g/mol. The van der Waals surface area contributed by atoms with Gasteiger partial charge in [-0.05, 0) is 24.7 Å². The topological polar surface area (TPSA) is 52.5 Å². The van der Waals surface area contributed by atoms with E-state index < -0.39 is 0 Å². The van der Waals surface area contributed by atoms with Gasteiger partial charge in [0, 0.05) is 0 Å². The van der Waals surface area contributed by atoms with Crippen molar-refractivity contribution >= 4 is 0 Å². The van der Waals surface area contributed by atoms with Crippen LogP contribution in [-0.2, 0) is 0 Å². The lowest BCUT2D eigenvalue weighted by molar-refractivity contribution is 0.251. The molecule has 0 saturated heterocycles. The monoisotopic (exact) mass is 167 g/mol. The first-order valence-electron chi connectivity index (χ1n) is 3.85. The van der Waals surface area contributed by atoms with Crippen LogP contribution in [0.15, 0.2) is 24.3 Å². The lowest BCUT2D eigenvalue weighted by Gasteiger charge is -2.12. The predicted molar refractivity (Wildman–Crippen MR) is 47.0 cm³/mol. The highest BCUT2D eigenvalue weighted by molar-refractivity contribution is 5.29. The van der Waals surface area contributed by atoms with Crippen molar-refractivity contribution in [3.63, 3.8) is 0 Å². The Bertz CT molecular complexity index is 246. The van der Waals surface area contributed by atoms with Gasteiger partial charge in [-0.1, -0.05) is 12.1 Å². The second-order valence-corrected chi connectivity index (χ2v) is 2.62. The van der Waals surface area contributed by atoms with Gasteiger partial charge in [0.05, 0.1) is 12.6 Å². The molecule has 1 aromatic carbocycles. The molecule has 66 valence electrons. The number of hydrogen-bond donors (Lipinski definition) is 3. The Balaban J connectivity index is 2.85. The molecule has 0 spiro atoms. The fourth-order valence-electron chi connectivity index (χ4n) is 1.10. The number of phenolic OH excluding ortho intramolecular Hbond substituents is 1. The van der Waals surface area contributed by atoms with Gasteiger partial charge in [-0.15, -0.1) is 0 Å². The zero-order valence-corrected chi connectivity index (χ0v) is 6.99. The van der Waals surface area contributed by atoms with E-state index in [4.69, 9.17) is 10.2 Å². The maximum atomic E-state index is 9.14. The van der Waals surface area contributed by atoms with Crippen molar-refractivity contribution in [1.29, 1.82) is 0 Å². The van der Waals surface area contributed by atoms with Crippen LogP contribution in [0.5, 0.6) is 5.75 Å². The zero-order valence-electron chi connectivity index (χ0n) is 6.99. The summed E-state index contributed by atoms with van der Waals surface area (Å²) in [7, 11) is 1.77. The smallest absolute Gasteiger partial charge is 0.115 e. The molecule has 3 nitrogen and oxygen atoms in total. The highest BCUT2D eigenvalue weighted by atomic mass is 16.3. The first-order valence-corrected chi connectivity index (χ1v) is 3.85. The molecule has 0 fully saturated rings. The third-order valence-corrected chi connectivity index (χ3v) is 1.80. The lowest BCUT2D eigenvalue weighted by Crippen LogP contribution is -2.19. The zero-order chi connectivity index (χ0) is 8.97. The fourth-order valence-corrected chi connectivity index (χ4v) is 1.10. The molecule has 12 heavy (non-hydrogen) atoms. The Morgan fingerprint density at radius 2 is 2.25 bits per heavy atom. The Morgan fingerprint density at radius 1 is 1.50 bits per heavy atom. The summed E-state index contributed by atoms with van der Waals surface area (Å²) in [6.07, 6.45) is 0. The van der Waals surface area contributed by atoms with Gasteiger partial charge in [-0.2, -0.15) is 0 Å². The van der Waals surface area contributed by atoms with Crippen molar-refractivity contribution < 1.29 is 10.2 Å². The van der Waals surface area contributed by atoms with E-state index >= 15 is 0 Å². The highest BCUT2D eigenvalue weighted by Crippen LogP contribution is 2.17. The number of likely N-dealkylation sites (N-methyl/N-ethyl adjacent to an activating group) is 1. The Morgan fingerprint density at radius 3 is 2.75 bits per heavy atom. The molecule has 0 radical (unpaired) electrons. The maximum Gasteiger partial charge on any atom is 0.115 e. The normalized spacial score (nSPS) is 12.8. The van der Waals surface area contributed by atoms with Gasteiger partial charge >= 0.3 is 0 Å². The van der Waals surface area contributed by atoms with Gasteiger partial charge in [0.1, 0.15) is 5.75 Å². The summed E-state index contributed by atoms with van der Waals surface area (Å²) in [6.45, 7) is 0.0277. The van der Waals surface area contributed by atoms with Crippen LogP contribution < -0.4 is 5.32 Å². The molecule has 1 atom stereocenters. The van der Waals surface area contributed by atoms with E-state index in [0.717, 1.165) is 5.56 Å². The van der Waals surface area contributed by atoms with Crippen molar-refractivity contribution in [3.05, 3.63) is 29.8 Å². The van der Waals surface area contributed by atoms with Crippen molar-refractivity contribution in [3.8, 4) is 5.75 Å². The summed E-state index contributed by atoms with van der Waals surface area (Å²) in [5.74, 6) is 0.223. The summed E-state index contributed by atoms with van der Waals surface area (Å²) in [5.41, 5.74) is 0.889.